The van der Waals surface area contributed by atoms with Gasteiger partial charge in [0, 0.05) is 12.6 Å². The zero-order chi connectivity index (χ0) is 19.3. The first-order valence-electron chi connectivity index (χ1n) is 7.86. The lowest BCUT2D eigenvalue weighted by molar-refractivity contribution is -0.387. The molecular formula is C17H18N2O6S. The molecule has 0 bridgehead atoms. The van der Waals surface area contributed by atoms with Crippen molar-refractivity contribution in [1.29, 1.82) is 0 Å². The number of benzene rings is 2. The van der Waals surface area contributed by atoms with E-state index in [-0.39, 0.29) is 23.6 Å². The molecule has 0 amide bonds. The topological polar surface area (TPSA) is 107 Å². The van der Waals surface area contributed by atoms with Crippen LogP contribution in [0.2, 0.25) is 0 Å². The summed E-state index contributed by atoms with van der Waals surface area (Å²) >= 11 is 0. The van der Waals surface area contributed by atoms with E-state index in [1.807, 2.05) is 0 Å². The molecule has 0 aromatic heterocycles. The van der Waals surface area contributed by atoms with E-state index in [0.29, 0.717) is 5.69 Å². The second-order valence-electron chi connectivity index (χ2n) is 5.16. The highest BCUT2D eigenvalue weighted by atomic mass is 32.2. The first-order chi connectivity index (χ1) is 12.3. The van der Waals surface area contributed by atoms with E-state index >= 15 is 0 Å². The zero-order valence-corrected chi connectivity index (χ0v) is 15.1. The highest BCUT2D eigenvalue weighted by Crippen LogP contribution is 2.29. The van der Waals surface area contributed by atoms with Crippen LogP contribution in [0.1, 0.15) is 24.2 Å². The summed E-state index contributed by atoms with van der Waals surface area (Å²) in [4.78, 5) is 21.8. The molecule has 0 aliphatic carbocycles. The summed E-state index contributed by atoms with van der Waals surface area (Å²) in [6.45, 7) is 3.59. The molecule has 0 saturated heterocycles. The number of para-hydroxylation sites is 1. The van der Waals surface area contributed by atoms with Crippen LogP contribution < -0.4 is 4.31 Å². The Labute approximate surface area is 151 Å². The van der Waals surface area contributed by atoms with Crippen molar-refractivity contribution in [2.45, 2.75) is 18.7 Å². The van der Waals surface area contributed by atoms with Gasteiger partial charge in [0.1, 0.15) is 0 Å². The van der Waals surface area contributed by atoms with Crippen LogP contribution >= 0.6 is 0 Å². The lowest BCUT2D eigenvalue weighted by Gasteiger charge is -2.23. The number of carbonyl (C=O) groups excluding carboxylic acids is 1. The Bertz CT molecular complexity index is 909. The molecule has 0 fully saturated rings. The molecule has 0 N–H and O–H groups in total. The fourth-order valence-electron chi connectivity index (χ4n) is 2.41. The fraction of sp³-hybridized carbons (Fsp3) is 0.235. The monoisotopic (exact) mass is 378 g/mol. The minimum Gasteiger partial charge on any atom is -0.462 e. The van der Waals surface area contributed by atoms with Gasteiger partial charge in [-0.1, -0.05) is 12.1 Å². The van der Waals surface area contributed by atoms with Crippen LogP contribution in [0.3, 0.4) is 0 Å². The number of nitrogens with zero attached hydrogens (tertiary/aromatic N) is 2. The molecule has 0 unspecified atom stereocenters. The van der Waals surface area contributed by atoms with Crippen molar-refractivity contribution < 1.29 is 22.9 Å². The van der Waals surface area contributed by atoms with Gasteiger partial charge in [-0.2, -0.15) is 0 Å². The van der Waals surface area contributed by atoms with Crippen molar-refractivity contribution in [3.63, 3.8) is 0 Å². The normalized spacial score (nSPS) is 11.0. The average Bonchev–Trinajstić information content (AvgIpc) is 2.63. The lowest BCUT2D eigenvalue weighted by atomic mass is 10.2. The zero-order valence-electron chi connectivity index (χ0n) is 14.3. The third-order valence-electron chi connectivity index (χ3n) is 3.58. The Morgan fingerprint density at radius 3 is 2.27 bits per heavy atom. The van der Waals surface area contributed by atoms with Gasteiger partial charge >= 0.3 is 5.97 Å². The molecule has 9 heteroatoms. The predicted octanol–water partition coefficient (Wildman–Crippen LogP) is 2.99. The van der Waals surface area contributed by atoms with Gasteiger partial charge in [-0.3, -0.25) is 14.4 Å². The number of nitro groups is 1. The first-order valence-corrected chi connectivity index (χ1v) is 9.30. The van der Waals surface area contributed by atoms with E-state index in [1.54, 1.807) is 13.8 Å². The molecule has 2 aromatic rings. The predicted molar refractivity (Wildman–Crippen MR) is 95.7 cm³/mol. The standard InChI is InChI=1S/C17H18N2O6S/c1-3-18(14-11-9-13(10-12-14)17(20)25-4-2)26(23,24)16-8-6-5-7-15(16)19(21)22/h5-12H,3-4H2,1-2H3. The van der Waals surface area contributed by atoms with Crippen LogP contribution in [0.25, 0.3) is 0 Å². The smallest absolute Gasteiger partial charge is 0.338 e. The highest BCUT2D eigenvalue weighted by molar-refractivity contribution is 7.93. The van der Waals surface area contributed by atoms with Crippen LogP contribution in [-0.4, -0.2) is 32.5 Å². The van der Waals surface area contributed by atoms with Gasteiger partial charge in [0.05, 0.1) is 22.8 Å². The van der Waals surface area contributed by atoms with E-state index < -0.39 is 26.6 Å². The van der Waals surface area contributed by atoms with Crippen molar-refractivity contribution in [2.75, 3.05) is 17.5 Å². The minimum absolute atomic E-state index is 0.0626. The van der Waals surface area contributed by atoms with E-state index in [0.717, 1.165) is 10.4 Å². The third kappa shape index (κ3) is 3.83. The number of ether oxygens (including phenoxy) is 1. The molecule has 0 aliphatic rings. The van der Waals surface area contributed by atoms with Crippen molar-refractivity contribution >= 4 is 27.4 Å². The van der Waals surface area contributed by atoms with Crippen molar-refractivity contribution in [1.82, 2.24) is 0 Å². The number of sulfonamides is 1. The SMILES string of the molecule is CCOC(=O)c1ccc(N(CC)S(=O)(=O)c2ccccc2[N+](=O)[O-])cc1. The van der Waals surface area contributed by atoms with E-state index in [9.17, 15) is 23.3 Å². The van der Waals surface area contributed by atoms with Gasteiger partial charge in [0.2, 0.25) is 0 Å². The maximum Gasteiger partial charge on any atom is 0.338 e. The Kier molecular flexibility index (Phi) is 5.93. The number of anilines is 1. The molecule has 26 heavy (non-hydrogen) atoms. The number of esters is 1. The summed E-state index contributed by atoms with van der Waals surface area (Å²) in [6.07, 6.45) is 0. The number of hydrogen-bond donors (Lipinski definition) is 0. The number of hydrogen-bond acceptors (Lipinski definition) is 6. The Morgan fingerprint density at radius 2 is 1.73 bits per heavy atom. The van der Waals surface area contributed by atoms with Gasteiger partial charge in [-0.05, 0) is 44.2 Å². The molecule has 0 aliphatic heterocycles. The molecule has 0 saturated carbocycles. The summed E-state index contributed by atoms with van der Waals surface area (Å²) in [5.74, 6) is -0.511. The van der Waals surface area contributed by atoms with Gasteiger partial charge in [0.15, 0.2) is 4.90 Å². The van der Waals surface area contributed by atoms with Crippen LogP contribution in [0.15, 0.2) is 53.4 Å². The van der Waals surface area contributed by atoms with Crippen LogP contribution in [0.5, 0.6) is 0 Å². The summed E-state index contributed by atoms with van der Waals surface area (Å²) in [7, 11) is -4.15. The molecule has 8 nitrogen and oxygen atoms in total. The maximum absolute atomic E-state index is 12.9. The number of nitro benzene ring substituents is 1. The third-order valence-corrected chi connectivity index (χ3v) is 5.53. The summed E-state index contributed by atoms with van der Waals surface area (Å²) in [5.41, 5.74) is 0.0857. The van der Waals surface area contributed by atoms with Gasteiger partial charge in [-0.25, -0.2) is 13.2 Å². The van der Waals surface area contributed by atoms with Gasteiger partial charge < -0.3 is 4.74 Å². The second-order valence-corrected chi connectivity index (χ2v) is 6.99. The molecule has 0 heterocycles. The molecule has 2 aromatic carbocycles. The quantitative estimate of drug-likeness (QED) is 0.416. The highest BCUT2D eigenvalue weighted by Gasteiger charge is 2.30. The summed E-state index contributed by atoms with van der Waals surface area (Å²) in [6, 6.07) is 11.0. The molecular weight excluding hydrogens is 360 g/mol. The molecule has 0 radical (unpaired) electrons. The largest absolute Gasteiger partial charge is 0.462 e. The first kappa shape index (κ1) is 19.4. The number of carbonyl (C=O) groups is 1. The van der Waals surface area contributed by atoms with E-state index in [4.69, 9.17) is 4.74 Å². The van der Waals surface area contributed by atoms with Crippen molar-refractivity contribution in [3.05, 3.63) is 64.2 Å². The number of rotatable bonds is 7. The fourth-order valence-corrected chi connectivity index (χ4v) is 4.05. The second kappa shape index (κ2) is 7.96. The Hall–Kier alpha value is -2.94. The van der Waals surface area contributed by atoms with E-state index in [1.165, 1.54) is 42.5 Å². The summed E-state index contributed by atoms with van der Waals surface area (Å²) < 4.78 is 31.8. The van der Waals surface area contributed by atoms with Crippen LogP contribution in [-0.2, 0) is 14.8 Å². The molecule has 0 atom stereocenters. The Morgan fingerprint density at radius 1 is 1.12 bits per heavy atom. The molecule has 0 spiro atoms. The molecule has 138 valence electrons. The average molecular weight is 378 g/mol. The van der Waals surface area contributed by atoms with E-state index in [2.05, 4.69) is 0 Å². The van der Waals surface area contributed by atoms with Gasteiger partial charge in [0.25, 0.3) is 15.7 Å². The van der Waals surface area contributed by atoms with Gasteiger partial charge in [-0.15, -0.1) is 0 Å². The minimum atomic E-state index is -4.15. The Balaban J connectivity index is 2.45. The molecule has 2 rings (SSSR count). The lowest BCUT2D eigenvalue weighted by Crippen LogP contribution is -2.31. The van der Waals surface area contributed by atoms with Crippen LogP contribution in [0, 0.1) is 10.1 Å². The van der Waals surface area contributed by atoms with Crippen molar-refractivity contribution in [2.24, 2.45) is 0 Å². The van der Waals surface area contributed by atoms with Crippen molar-refractivity contribution in [3.8, 4) is 0 Å². The maximum atomic E-state index is 12.9. The summed E-state index contributed by atoms with van der Waals surface area (Å²) in [5, 5.41) is 11.2. The van der Waals surface area contributed by atoms with Crippen LogP contribution in [0.4, 0.5) is 11.4 Å².